The van der Waals surface area contributed by atoms with Crippen molar-refractivity contribution in [3.05, 3.63) is 108 Å². The third-order valence-corrected chi connectivity index (χ3v) is 9.80. The second kappa shape index (κ2) is 16.5. The van der Waals surface area contributed by atoms with Crippen LogP contribution in [0.25, 0.3) is 11.1 Å². The summed E-state index contributed by atoms with van der Waals surface area (Å²) in [6.45, 7) is 16.9. The van der Waals surface area contributed by atoms with Crippen LogP contribution in [0.15, 0.2) is 91.5 Å². The summed E-state index contributed by atoms with van der Waals surface area (Å²) in [6.07, 6.45) is -0.856. The Morgan fingerprint density at radius 3 is 2.08 bits per heavy atom. The topological polar surface area (TPSA) is 109 Å². The summed E-state index contributed by atoms with van der Waals surface area (Å²) in [4.78, 5) is 40.2. The maximum absolute atomic E-state index is 13.8. The lowest BCUT2D eigenvalue weighted by Crippen LogP contribution is -2.44. The Bertz CT molecular complexity index is 1670. The number of carbonyl (C=O) groups excluding carboxylic acids is 3. The zero-order chi connectivity index (χ0) is 37.6. The minimum Gasteiger partial charge on any atom is -0.459 e. The molecule has 1 aliphatic heterocycles. The van der Waals surface area contributed by atoms with Crippen LogP contribution in [0.2, 0.25) is 0 Å². The number of carbonyl (C=O) groups is 3. The molecule has 1 fully saturated rings. The van der Waals surface area contributed by atoms with Crippen molar-refractivity contribution in [3.8, 4) is 11.1 Å². The summed E-state index contributed by atoms with van der Waals surface area (Å²) in [7, 11) is 0. The number of amides is 1. The van der Waals surface area contributed by atoms with E-state index in [1.54, 1.807) is 19.9 Å². The monoisotopic (exact) mass is 711 g/mol. The van der Waals surface area contributed by atoms with Crippen LogP contribution in [0, 0.1) is 17.3 Å². The zero-order valence-electron chi connectivity index (χ0n) is 31.4. The first kappa shape index (κ1) is 38.8. The van der Waals surface area contributed by atoms with E-state index in [0.29, 0.717) is 6.42 Å². The maximum atomic E-state index is 13.8. The molecule has 3 aromatic rings. The normalized spacial score (nSPS) is 19.5. The number of hydrogen-bond acceptors (Lipinski definition) is 8. The van der Waals surface area contributed by atoms with Gasteiger partial charge in [-0.2, -0.15) is 0 Å². The molecule has 1 amide bonds. The molecule has 0 saturated carbocycles. The van der Waals surface area contributed by atoms with Gasteiger partial charge in [-0.05, 0) is 67.9 Å². The molecule has 9 nitrogen and oxygen atoms in total. The van der Waals surface area contributed by atoms with E-state index in [9.17, 15) is 14.4 Å². The Morgan fingerprint density at radius 2 is 1.48 bits per heavy atom. The van der Waals surface area contributed by atoms with Gasteiger partial charge in [0.1, 0.15) is 18.8 Å². The highest BCUT2D eigenvalue weighted by molar-refractivity contribution is 5.83. The summed E-state index contributed by atoms with van der Waals surface area (Å²) in [5.41, 5.74) is 4.29. The first-order chi connectivity index (χ1) is 24.7. The molecule has 0 aromatic heterocycles. The van der Waals surface area contributed by atoms with E-state index in [1.165, 1.54) is 0 Å². The smallest absolute Gasteiger partial charge is 0.407 e. The molecule has 5 atom stereocenters. The van der Waals surface area contributed by atoms with E-state index in [-0.39, 0.29) is 43.4 Å². The van der Waals surface area contributed by atoms with Crippen LogP contribution in [0.5, 0.6) is 0 Å². The van der Waals surface area contributed by atoms with Crippen molar-refractivity contribution in [2.24, 2.45) is 17.3 Å². The third kappa shape index (κ3) is 9.11. The maximum Gasteiger partial charge on any atom is 0.407 e. The van der Waals surface area contributed by atoms with Gasteiger partial charge in [-0.25, -0.2) is 9.59 Å². The van der Waals surface area contributed by atoms with Crippen LogP contribution in [0.4, 0.5) is 4.79 Å². The summed E-state index contributed by atoms with van der Waals surface area (Å²) < 4.78 is 30.3. The second-order valence-corrected chi connectivity index (χ2v) is 15.4. The molecule has 0 bridgehead atoms. The average Bonchev–Trinajstić information content (AvgIpc) is 3.62. The van der Waals surface area contributed by atoms with Gasteiger partial charge in [0.15, 0.2) is 11.9 Å². The van der Waals surface area contributed by atoms with Crippen molar-refractivity contribution in [1.29, 1.82) is 0 Å². The van der Waals surface area contributed by atoms with Gasteiger partial charge in [0, 0.05) is 24.8 Å². The second-order valence-electron chi connectivity index (χ2n) is 15.4. The highest BCUT2D eigenvalue weighted by atomic mass is 16.8. The van der Waals surface area contributed by atoms with Gasteiger partial charge in [-0.1, -0.05) is 106 Å². The average molecular weight is 712 g/mol. The number of rotatable bonds is 15. The fourth-order valence-electron chi connectivity index (χ4n) is 6.97. The standard InChI is InChI=1S/C43H53NO8/c1-9-17-35(28(4)37-38(52-43(7,8)51-37)29-18-11-10-12-19-29)49-39(45)36(24-27(2)3)50-40(46)42(5,6)26-44-41(47)48-25-34-32-22-15-13-20-30(32)31-21-14-16-23-33(31)34/h9-16,18-23,27-28,34-38H,1,17,24-26H2,2-8H3,(H,44,47)/t28-,35-,36-,37+,38+/m0/s1. The summed E-state index contributed by atoms with van der Waals surface area (Å²) in [5, 5.41) is 2.72. The molecule has 0 unspecified atom stereocenters. The largest absolute Gasteiger partial charge is 0.459 e. The summed E-state index contributed by atoms with van der Waals surface area (Å²) in [5.74, 6) is -2.47. The molecular weight excluding hydrogens is 658 g/mol. The Morgan fingerprint density at radius 1 is 0.885 bits per heavy atom. The molecule has 1 saturated heterocycles. The van der Waals surface area contributed by atoms with Crippen LogP contribution in [-0.2, 0) is 33.3 Å². The summed E-state index contributed by atoms with van der Waals surface area (Å²) in [6, 6.07) is 26.1. The Balaban J connectivity index is 1.19. The number of benzene rings is 3. The van der Waals surface area contributed by atoms with Gasteiger partial charge in [0.25, 0.3) is 0 Å². The lowest BCUT2D eigenvalue weighted by atomic mass is 9.89. The van der Waals surface area contributed by atoms with E-state index >= 15 is 0 Å². The minimum absolute atomic E-state index is 0.0255. The molecule has 2 aliphatic rings. The predicted molar refractivity (Wildman–Crippen MR) is 199 cm³/mol. The van der Waals surface area contributed by atoms with Crippen molar-refractivity contribution >= 4 is 18.0 Å². The first-order valence-corrected chi connectivity index (χ1v) is 18.2. The Hall–Kier alpha value is -4.47. The molecule has 52 heavy (non-hydrogen) atoms. The number of ether oxygens (including phenoxy) is 5. The quantitative estimate of drug-likeness (QED) is 0.0950. The molecule has 1 aliphatic carbocycles. The van der Waals surface area contributed by atoms with Crippen molar-refractivity contribution < 1.29 is 38.1 Å². The molecule has 9 heteroatoms. The number of fused-ring (bicyclic) bond motifs is 3. The summed E-state index contributed by atoms with van der Waals surface area (Å²) >= 11 is 0. The van der Waals surface area contributed by atoms with E-state index < -0.39 is 47.5 Å². The Kier molecular flexibility index (Phi) is 12.3. The molecule has 0 spiro atoms. The minimum atomic E-state index is -1.17. The van der Waals surface area contributed by atoms with Gasteiger partial charge in [0.05, 0.1) is 11.5 Å². The van der Waals surface area contributed by atoms with Crippen LogP contribution < -0.4 is 5.32 Å². The molecule has 1 heterocycles. The van der Waals surface area contributed by atoms with Gasteiger partial charge in [-0.3, -0.25) is 4.79 Å². The SMILES string of the molecule is C=CC[C@H](OC(=O)[C@H](CC(C)C)OC(=O)C(C)(C)CNC(=O)OCC1c2ccccc2-c2ccccc21)[C@H](C)[C@H]1OC(C)(C)O[C@@H]1c1ccccc1. The van der Waals surface area contributed by atoms with Crippen LogP contribution in [0.3, 0.4) is 0 Å². The van der Waals surface area contributed by atoms with E-state index in [0.717, 1.165) is 27.8 Å². The Labute approximate surface area is 308 Å². The van der Waals surface area contributed by atoms with Crippen LogP contribution >= 0.6 is 0 Å². The number of nitrogens with one attached hydrogen (secondary N) is 1. The lowest BCUT2D eigenvalue weighted by Gasteiger charge is -2.32. The molecule has 3 aromatic carbocycles. The van der Waals surface area contributed by atoms with Gasteiger partial charge in [-0.15, -0.1) is 6.58 Å². The lowest BCUT2D eigenvalue weighted by molar-refractivity contribution is -0.182. The molecule has 278 valence electrons. The van der Waals surface area contributed by atoms with Crippen LogP contribution in [0.1, 0.15) is 90.0 Å². The fourth-order valence-corrected chi connectivity index (χ4v) is 6.97. The highest BCUT2D eigenvalue weighted by Crippen LogP contribution is 2.45. The van der Waals surface area contributed by atoms with Gasteiger partial charge in [0.2, 0.25) is 0 Å². The number of esters is 2. The van der Waals surface area contributed by atoms with Gasteiger partial charge < -0.3 is 29.0 Å². The molecule has 5 rings (SSSR count). The third-order valence-electron chi connectivity index (χ3n) is 9.80. The van der Waals surface area contributed by atoms with Gasteiger partial charge >= 0.3 is 18.0 Å². The van der Waals surface area contributed by atoms with Crippen molar-refractivity contribution in [1.82, 2.24) is 5.32 Å². The number of alkyl carbamates (subject to hydrolysis) is 1. The van der Waals surface area contributed by atoms with Crippen molar-refractivity contribution in [2.75, 3.05) is 13.2 Å². The first-order valence-electron chi connectivity index (χ1n) is 18.2. The van der Waals surface area contributed by atoms with Crippen molar-refractivity contribution in [3.63, 3.8) is 0 Å². The molecule has 1 N–H and O–H groups in total. The van der Waals surface area contributed by atoms with Crippen LogP contribution in [-0.4, -0.2) is 55.3 Å². The highest BCUT2D eigenvalue weighted by Gasteiger charge is 2.47. The molecule has 0 radical (unpaired) electrons. The molecular formula is C43H53NO8. The number of hydrogen-bond donors (Lipinski definition) is 1. The van der Waals surface area contributed by atoms with Crippen molar-refractivity contribution in [2.45, 2.75) is 97.4 Å². The zero-order valence-corrected chi connectivity index (χ0v) is 31.4. The van der Waals surface area contributed by atoms with E-state index in [2.05, 4.69) is 36.2 Å². The van der Waals surface area contributed by atoms with E-state index in [1.807, 2.05) is 89.2 Å². The fraction of sp³-hybridized carbons (Fsp3) is 0.465. The van der Waals surface area contributed by atoms with E-state index in [4.69, 9.17) is 23.7 Å². The predicted octanol–water partition coefficient (Wildman–Crippen LogP) is 8.53.